The van der Waals surface area contributed by atoms with E-state index in [1.54, 1.807) is 0 Å². The van der Waals surface area contributed by atoms with Crippen molar-refractivity contribution in [3.05, 3.63) is 48.0 Å². The molecule has 5 rings (SSSR count). The number of hydrogen-bond acceptors (Lipinski definition) is 3. The number of rotatable bonds is 1. The molecule has 0 bridgehead atoms. The van der Waals surface area contributed by atoms with Crippen LogP contribution in [0.25, 0.3) is 27.7 Å². The van der Waals surface area contributed by atoms with E-state index >= 15 is 0 Å². The summed E-state index contributed by atoms with van der Waals surface area (Å²) in [5, 5.41) is 1.17. The van der Waals surface area contributed by atoms with Crippen molar-refractivity contribution in [2.45, 2.75) is 33.1 Å². The van der Waals surface area contributed by atoms with Crippen LogP contribution < -0.4 is 4.90 Å². The fraction of sp³-hybridized carbons (Fsp3) is 0.364. The maximum absolute atomic E-state index is 5.11. The first-order chi connectivity index (χ1) is 12.7. The Morgan fingerprint density at radius 3 is 2.77 bits per heavy atom. The molecule has 4 nitrogen and oxygen atoms in total. The molecular formula is C22H24N4. The fourth-order valence-electron chi connectivity index (χ4n) is 4.21. The Morgan fingerprint density at radius 2 is 1.85 bits per heavy atom. The van der Waals surface area contributed by atoms with Crippen molar-refractivity contribution in [2.24, 2.45) is 5.92 Å². The lowest BCUT2D eigenvalue weighted by molar-refractivity contribution is 0.521. The van der Waals surface area contributed by atoms with Gasteiger partial charge in [0.25, 0.3) is 0 Å². The van der Waals surface area contributed by atoms with Gasteiger partial charge < -0.3 is 4.90 Å². The van der Waals surface area contributed by atoms with Crippen LogP contribution in [0.5, 0.6) is 0 Å². The molecule has 4 heteroatoms. The van der Waals surface area contributed by atoms with Crippen molar-refractivity contribution in [1.29, 1.82) is 0 Å². The van der Waals surface area contributed by atoms with Crippen molar-refractivity contribution in [3.8, 4) is 0 Å². The lowest BCUT2D eigenvalue weighted by Gasteiger charge is -2.22. The van der Waals surface area contributed by atoms with Crippen LogP contribution in [0, 0.1) is 12.8 Å². The van der Waals surface area contributed by atoms with Crippen molar-refractivity contribution in [2.75, 3.05) is 18.0 Å². The summed E-state index contributed by atoms with van der Waals surface area (Å²) in [6.45, 7) is 6.69. The van der Waals surface area contributed by atoms with E-state index in [0.717, 1.165) is 47.2 Å². The highest BCUT2D eigenvalue weighted by Crippen LogP contribution is 2.28. The number of benzene rings is 1. The molecule has 1 fully saturated rings. The summed E-state index contributed by atoms with van der Waals surface area (Å²) in [6.07, 6.45) is 3.81. The zero-order valence-corrected chi connectivity index (χ0v) is 15.4. The molecule has 1 aromatic carbocycles. The number of aromatic nitrogens is 3. The van der Waals surface area contributed by atoms with Crippen LogP contribution in [-0.4, -0.2) is 27.5 Å². The van der Waals surface area contributed by atoms with E-state index in [0.29, 0.717) is 0 Å². The van der Waals surface area contributed by atoms with Crippen LogP contribution in [0.3, 0.4) is 0 Å². The van der Waals surface area contributed by atoms with Gasteiger partial charge in [-0.15, -0.1) is 0 Å². The fourth-order valence-corrected chi connectivity index (χ4v) is 4.21. The summed E-state index contributed by atoms with van der Waals surface area (Å²) in [5.74, 6) is 1.90. The zero-order chi connectivity index (χ0) is 17.7. The lowest BCUT2D eigenvalue weighted by atomic mass is 10.0. The second kappa shape index (κ2) is 5.97. The second-order valence-corrected chi connectivity index (χ2v) is 7.69. The van der Waals surface area contributed by atoms with Gasteiger partial charge in [0, 0.05) is 18.5 Å². The van der Waals surface area contributed by atoms with Crippen LogP contribution in [0.15, 0.2) is 42.5 Å². The van der Waals surface area contributed by atoms with Crippen LogP contribution in [-0.2, 0) is 0 Å². The highest BCUT2D eigenvalue weighted by molar-refractivity contribution is 5.90. The molecular weight excluding hydrogens is 320 g/mol. The minimum atomic E-state index is 0.812. The molecule has 0 radical (unpaired) electrons. The average molecular weight is 344 g/mol. The Morgan fingerprint density at radius 1 is 0.962 bits per heavy atom. The predicted molar refractivity (Wildman–Crippen MR) is 108 cm³/mol. The molecule has 0 aliphatic carbocycles. The highest BCUT2D eigenvalue weighted by Gasteiger charge is 2.17. The van der Waals surface area contributed by atoms with E-state index in [-0.39, 0.29) is 0 Å². The summed E-state index contributed by atoms with van der Waals surface area (Å²) < 4.78 is 2.23. The monoisotopic (exact) mass is 344 g/mol. The maximum Gasteiger partial charge on any atom is 0.148 e. The van der Waals surface area contributed by atoms with E-state index in [2.05, 4.69) is 59.5 Å². The minimum Gasteiger partial charge on any atom is -0.357 e. The predicted octanol–water partition coefficient (Wildman–Crippen LogP) is 4.97. The molecule has 1 saturated heterocycles. The third-order valence-corrected chi connectivity index (χ3v) is 5.73. The normalized spacial score (nSPS) is 18.7. The summed E-state index contributed by atoms with van der Waals surface area (Å²) >= 11 is 0. The number of aryl methyl sites for hydroxylation is 1. The molecule has 4 aromatic rings. The number of nitrogens with zero attached hydrogens (tertiary/aromatic N) is 4. The van der Waals surface area contributed by atoms with Gasteiger partial charge in [0.2, 0.25) is 0 Å². The standard InChI is InChI=1S/C22H24N4/c1-15-6-5-12-25(13-11-15)20-10-9-17-14-16(2)21-23-18-7-3-4-8-19(18)26(21)22(17)24-20/h3-4,7-10,14-15H,5-6,11-13H2,1-2H3. The molecule has 4 heterocycles. The number of hydrogen-bond donors (Lipinski definition) is 0. The maximum atomic E-state index is 5.11. The van der Waals surface area contributed by atoms with Crippen molar-refractivity contribution >= 4 is 33.5 Å². The first-order valence-corrected chi connectivity index (χ1v) is 9.63. The Kier molecular flexibility index (Phi) is 3.59. The molecule has 0 amide bonds. The molecule has 132 valence electrons. The number of anilines is 1. The molecule has 0 saturated carbocycles. The third kappa shape index (κ3) is 2.44. The topological polar surface area (TPSA) is 33.4 Å². The van der Waals surface area contributed by atoms with Gasteiger partial charge in [0.05, 0.1) is 11.0 Å². The van der Waals surface area contributed by atoms with E-state index in [4.69, 9.17) is 9.97 Å². The zero-order valence-electron chi connectivity index (χ0n) is 15.4. The largest absolute Gasteiger partial charge is 0.357 e. The average Bonchev–Trinajstić information content (AvgIpc) is 2.92. The Bertz CT molecular complexity index is 1110. The second-order valence-electron chi connectivity index (χ2n) is 7.69. The summed E-state index contributed by atoms with van der Waals surface area (Å²) in [4.78, 5) is 12.4. The molecule has 26 heavy (non-hydrogen) atoms. The number of imidazole rings is 1. The van der Waals surface area contributed by atoms with E-state index in [1.807, 2.05) is 6.07 Å². The Hall–Kier alpha value is -2.62. The van der Waals surface area contributed by atoms with Gasteiger partial charge in [0.1, 0.15) is 17.1 Å². The minimum absolute atomic E-state index is 0.812. The SMILES string of the molecule is Cc1cc2ccc(N3CCCC(C)CC3)nc2n2c1nc1ccccc12. The molecule has 3 aromatic heterocycles. The third-order valence-electron chi connectivity index (χ3n) is 5.73. The van der Waals surface area contributed by atoms with E-state index < -0.39 is 0 Å². The van der Waals surface area contributed by atoms with Crippen molar-refractivity contribution < 1.29 is 0 Å². The van der Waals surface area contributed by atoms with Gasteiger partial charge in [-0.2, -0.15) is 0 Å². The van der Waals surface area contributed by atoms with E-state index in [1.165, 1.54) is 30.2 Å². The molecule has 1 atom stereocenters. The molecule has 0 spiro atoms. The smallest absolute Gasteiger partial charge is 0.148 e. The van der Waals surface area contributed by atoms with Crippen molar-refractivity contribution in [1.82, 2.24) is 14.4 Å². The molecule has 0 N–H and O–H groups in total. The summed E-state index contributed by atoms with van der Waals surface area (Å²) in [7, 11) is 0. The molecule has 1 aliphatic heterocycles. The first-order valence-electron chi connectivity index (χ1n) is 9.63. The van der Waals surface area contributed by atoms with Crippen LogP contribution in [0.2, 0.25) is 0 Å². The van der Waals surface area contributed by atoms with Gasteiger partial charge in [-0.05, 0) is 68.0 Å². The quantitative estimate of drug-likeness (QED) is 0.489. The van der Waals surface area contributed by atoms with Crippen molar-refractivity contribution in [3.63, 3.8) is 0 Å². The Balaban J connectivity index is 1.74. The highest BCUT2D eigenvalue weighted by atomic mass is 15.2. The lowest BCUT2D eigenvalue weighted by Crippen LogP contribution is -2.25. The number of fused-ring (bicyclic) bond motifs is 5. The Labute approximate surface area is 153 Å². The van der Waals surface area contributed by atoms with Crippen LogP contribution in [0.1, 0.15) is 31.7 Å². The first kappa shape index (κ1) is 15.6. The summed E-state index contributed by atoms with van der Waals surface area (Å²) in [5.41, 5.74) is 5.36. The van der Waals surface area contributed by atoms with E-state index in [9.17, 15) is 0 Å². The number of para-hydroxylation sites is 2. The van der Waals surface area contributed by atoms with Gasteiger partial charge in [0.15, 0.2) is 0 Å². The molecule has 1 aliphatic rings. The van der Waals surface area contributed by atoms with Gasteiger partial charge in [-0.1, -0.05) is 19.1 Å². The summed E-state index contributed by atoms with van der Waals surface area (Å²) in [6, 6.07) is 14.9. The molecule has 1 unspecified atom stereocenters. The van der Waals surface area contributed by atoms with Gasteiger partial charge >= 0.3 is 0 Å². The van der Waals surface area contributed by atoms with Gasteiger partial charge in [-0.3, -0.25) is 4.40 Å². The van der Waals surface area contributed by atoms with Gasteiger partial charge in [-0.25, -0.2) is 9.97 Å². The van der Waals surface area contributed by atoms with Crippen LogP contribution in [0.4, 0.5) is 5.82 Å². The number of pyridine rings is 2. The van der Waals surface area contributed by atoms with Crippen LogP contribution >= 0.6 is 0 Å².